The lowest BCUT2D eigenvalue weighted by Crippen LogP contribution is -2.52. The van der Waals surface area contributed by atoms with Gasteiger partial charge in [0.1, 0.15) is 0 Å². The molecule has 3 rings (SSSR count). The number of anilines is 1. The van der Waals surface area contributed by atoms with Crippen molar-refractivity contribution in [3.05, 3.63) is 66.2 Å². The van der Waals surface area contributed by atoms with E-state index in [-0.39, 0.29) is 6.03 Å². The number of rotatable bonds is 6. The zero-order valence-corrected chi connectivity index (χ0v) is 15.7. The molecule has 1 N–H and O–H groups in total. The molecule has 6 heteroatoms. The second-order valence-electron chi connectivity index (χ2n) is 6.32. The summed E-state index contributed by atoms with van der Waals surface area (Å²) < 4.78 is 12.1. The van der Waals surface area contributed by atoms with Crippen molar-refractivity contribution in [2.24, 2.45) is 0 Å². The highest BCUT2D eigenvalue weighted by atomic mass is 32.2. The molecule has 26 heavy (non-hydrogen) atoms. The van der Waals surface area contributed by atoms with Crippen LogP contribution >= 0.6 is 0 Å². The van der Waals surface area contributed by atoms with Crippen LogP contribution in [0.3, 0.4) is 0 Å². The molecule has 2 aromatic carbocycles. The van der Waals surface area contributed by atoms with Gasteiger partial charge in [-0.25, -0.2) is 4.79 Å². The molecule has 0 bridgehead atoms. The molecule has 0 radical (unpaired) electrons. The molecule has 1 atom stereocenters. The maximum Gasteiger partial charge on any atom is 0.317 e. The van der Waals surface area contributed by atoms with Crippen LogP contribution < -0.4 is 10.2 Å². The number of carbonyl (C=O) groups is 1. The van der Waals surface area contributed by atoms with Gasteiger partial charge in [0, 0.05) is 60.7 Å². The minimum Gasteiger partial charge on any atom is -0.368 e. The molecule has 0 aromatic heterocycles. The number of urea groups is 1. The van der Waals surface area contributed by atoms with Gasteiger partial charge in [0.05, 0.1) is 0 Å². The van der Waals surface area contributed by atoms with Crippen LogP contribution in [0.2, 0.25) is 0 Å². The van der Waals surface area contributed by atoms with E-state index in [1.54, 1.807) is 0 Å². The van der Waals surface area contributed by atoms with Gasteiger partial charge in [0.15, 0.2) is 0 Å². The maximum absolute atomic E-state index is 12.3. The molecule has 2 aromatic rings. The minimum absolute atomic E-state index is 0.0607. The molecule has 2 amide bonds. The van der Waals surface area contributed by atoms with Crippen LogP contribution in [0, 0.1) is 0 Å². The average Bonchev–Trinajstić information content (AvgIpc) is 2.69. The highest BCUT2D eigenvalue weighted by Crippen LogP contribution is 2.15. The average molecular weight is 372 g/mol. The summed E-state index contributed by atoms with van der Waals surface area (Å²) in [7, 11) is -0.964. The standard InChI is InChI=1S/C20H25N3O2S/c24-20(21-11-16-26(25)17-18-7-3-1-4-8-18)23-14-12-22(13-15-23)19-9-5-2-6-10-19/h1-10H,11-17H2,(H,21,24). The van der Waals surface area contributed by atoms with Gasteiger partial charge >= 0.3 is 6.03 Å². The topological polar surface area (TPSA) is 52.7 Å². The summed E-state index contributed by atoms with van der Waals surface area (Å²) in [5, 5.41) is 2.90. The van der Waals surface area contributed by atoms with Gasteiger partial charge in [-0.15, -0.1) is 0 Å². The number of para-hydroxylation sites is 1. The summed E-state index contributed by atoms with van der Waals surface area (Å²) in [4.78, 5) is 16.4. The Morgan fingerprint density at radius 3 is 2.19 bits per heavy atom. The van der Waals surface area contributed by atoms with E-state index in [9.17, 15) is 9.00 Å². The van der Waals surface area contributed by atoms with Crippen LogP contribution in [0.15, 0.2) is 60.7 Å². The lowest BCUT2D eigenvalue weighted by Gasteiger charge is -2.36. The summed E-state index contributed by atoms with van der Waals surface area (Å²) in [6.07, 6.45) is 0. The maximum atomic E-state index is 12.3. The third-order valence-corrected chi connectivity index (χ3v) is 5.78. The Morgan fingerprint density at radius 2 is 1.54 bits per heavy atom. The molecule has 1 fully saturated rings. The zero-order valence-electron chi connectivity index (χ0n) is 14.8. The van der Waals surface area contributed by atoms with Crippen molar-refractivity contribution in [1.29, 1.82) is 0 Å². The fraction of sp³-hybridized carbons (Fsp3) is 0.350. The van der Waals surface area contributed by atoms with Crippen molar-refractivity contribution in [2.75, 3.05) is 43.4 Å². The molecule has 0 spiro atoms. The molecule has 1 aliphatic heterocycles. The Morgan fingerprint density at radius 1 is 0.923 bits per heavy atom. The fourth-order valence-corrected chi connectivity index (χ4v) is 4.06. The Hall–Kier alpha value is -2.34. The largest absolute Gasteiger partial charge is 0.368 e. The first-order valence-corrected chi connectivity index (χ1v) is 10.4. The summed E-state index contributed by atoms with van der Waals surface area (Å²) >= 11 is 0. The zero-order chi connectivity index (χ0) is 18.2. The lowest BCUT2D eigenvalue weighted by molar-refractivity contribution is 0.195. The molecule has 5 nitrogen and oxygen atoms in total. The number of piperazine rings is 1. The predicted octanol–water partition coefficient (Wildman–Crippen LogP) is 2.47. The first-order chi connectivity index (χ1) is 12.7. The van der Waals surface area contributed by atoms with Gasteiger partial charge < -0.3 is 15.1 Å². The van der Waals surface area contributed by atoms with Gasteiger partial charge in [-0.3, -0.25) is 4.21 Å². The second kappa shape index (κ2) is 9.38. The molecule has 1 heterocycles. The number of hydrogen-bond donors (Lipinski definition) is 1. The molecule has 1 unspecified atom stereocenters. The second-order valence-corrected chi connectivity index (χ2v) is 7.89. The third-order valence-electron chi connectivity index (χ3n) is 4.46. The van der Waals surface area contributed by atoms with Gasteiger partial charge in [-0.2, -0.15) is 0 Å². The van der Waals surface area contributed by atoms with Crippen LogP contribution in [0.5, 0.6) is 0 Å². The highest BCUT2D eigenvalue weighted by molar-refractivity contribution is 7.84. The van der Waals surface area contributed by atoms with E-state index in [1.807, 2.05) is 53.4 Å². The molecule has 0 saturated carbocycles. The van der Waals surface area contributed by atoms with E-state index in [1.165, 1.54) is 5.69 Å². The number of hydrogen-bond acceptors (Lipinski definition) is 3. The minimum atomic E-state index is -0.964. The monoisotopic (exact) mass is 371 g/mol. The number of amides is 2. The van der Waals surface area contributed by atoms with Crippen molar-refractivity contribution in [1.82, 2.24) is 10.2 Å². The van der Waals surface area contributed by atoms with Crippen molar-refractivity contribution in [2.45, 2.75) is 5.75 Å². The first-order valence-electron chi connectivity index (χ1n) is 8.94. The number of carbonyl (C=O) groups excluding carboxylic acids is 1. The number of benzene rings is 2. The van der Waals surface area contributed by atoms with Crippen LogP contribution in [0.4, 0.5) is 10.5 Å². The van der Waals surface area contributed by atoms with E-state index in [0.29, 0.717) is 31.1 Å². The summed E-state index contributed by atoms with van der Waals surface area (Å²) in [5.74, 6) is 1.01. The van der Waals surface area contributed by atoms with E-state index in [2.05, 4.69) is 22.3 Å². The smallest absolute Gasteiger partial charge is 0.317 e. The quantitative estimate of drug-likeness (QED) is 0.849. The van der Waals surface area contributed by atoms with E-state index in [0.717, 1.165) is 18.7 Å². The predicted molar refractivity (Wildman–Crippen MR) is 107 cm³/mol. The molecule has 0 aliphatic carbocycles. The van der Waals surface area contributed by atoms with Gasteiger partial charge in [-0.1, -0.05) is 48.5 Å². The molecule has 1 aliphatic rings. The van der Waals surface area contributed by atoms with Crippen LogP contribution in [-0.2, 0) is 16.6 Å². The third kappa shape index (κ3) is 5.33. The van der Waals surface area contributed by atoms with Crippen LogP contribution in [-0.4, -0.2) is 53.6 Å². The highest BCUT2D eigenvalue weighted by Gasteiger charge is 2.20. The lowest BCUT2D eigenvalue weighted by atomic mass is 10.2. The molecule has 1 saturated heterocycles. The summed E-state index contributed by atoms with van der Waals surface area (Å²) in [6, 6.07) is 20.0. The van der Waals surface area contributed by atoms with E-state index < -0.39 is 10.8 Å². The molecule has 138 valence electrons. The van der Waals surface area contributed by atoms with Gasteiger partial charge in [0.2, 0.25) is 0 Å². The Balaban J connectivity index is 1.36. The van der Waals surface area contributed by atoms with Gasteiger partial charge in [0.25, 0.3) is 0 Å². The van der Waals surface area contributed by atoms with Gasteiger partial charge in [-0.05, 0) is 17.7 Å². The van der Waals surface area contributed by atoms with Crippen molar-refractivity contribution < 1.29 is 9.00 Å². The Kier molecular flexibility index (Phi) is 6.66. The molecular weight excluding hydrogens is 346 g/mol. The summed E-state index contributed by atoms with van der Waals surface area (Å²) in [5.41, 5.74) is 2.26. The first kappa shape index (κ1) is 18.5. The number of nitrogens with zero attached hydrogens (tertiary/aromatic N) is 2. The summed E-state index contributed by atoms with van der Waals surface area (Å²) in [6.45, 7) is 3.51. The SMILES string of the molecule is O=C(NCCS(=O)Cc1ccccc1)N1CCN(c2ccccc2)CC1. The fourth-order valence-electron chi connectivity index (χ4n) is 3.02. The Bertz CT molecular complexity index is 716. The van der Waals surface area contributed by atoms with Crippen molar-refractivity contribution in [3.8, 4) is 0 Å². The van der Waals surface area contributed by atoms with E-state index in [4.69, 9.17) is 0 Å². The number of nitrogens with one attached hydrogen (secondary N) is 1. The van der Waals surface area contributed by atoms with Crippen molar-refractivity contribution in [3.63, 3.8) is 0 Å². The molecular formula is C20H25N3O2S. The van der Waals surface area contributed by atoms with Crippen LogP contribution in [0.1, 0.15) is 5.56 Å². The van der Waals surface area contributed by atoms with E-state index >= 15 is 0 Å². The normalized spacial score (nSPS) is 15.5. The Labute approximate surface area is 157 Å². The van der Waals surface area contributed by atoms with Crippen molar-refractivity contribution >= 4 is 22.5 Å². The van der Waals surface area contributed by atoms with Crippen LogP contribution in [0.25, 0.3) is 0 Å².